The topological polar surface area (TPSA) is 69.5 Å². The van der Waals surface area contributed by atoms with Gasteiger partial charge in [-0.1, -0.05) is 12.1 Å². The van der Waals surface area contributed by atoms with Crippen molar-refractivity contribution in [1.29, 1.82) is 5.26 Å². The second-order valence-corrected chi connectivity index (χ2v) is 5.03. The molecule has 0 bridgehead atoms. The number of Topliss-reactive ketones (excluding diaryl/α,β-unsaturated/α-hetero) is 1. The van der Waals surface area contributed by atoms with Crippen molar-refractivity contribution in [3.63, 3.8) is 0 Å². The van der Waals surface area contributed by atoms with Crippen molar-refractivity contribution >= 4 is 16.8 Å². The maximum atomic E-state index is 12.3. The van der Waals surface area contributed by atoms with E-state index in [1.165, 1.54) is 0 Å². The fourth-order valence-corrected chi connectivity index (χ4v) is 2.34. The Morgan fingerprint density at radius 2 is 2.19 bits per heavy atom. The van der Waals surface area contributed by atoms with E-state index in [0.29, 0.717) is 11.1 Å². The molecule has 0 saturated carbocycles. The van der Waals surface area contributed by atoms with E-state index in [-0.39, 0.29) is 12.2 Å². The first-order chi connectivity index (χ1) is 10.2. The highest BCUT2D eigenvalue weighted by atomic mass is 16.1. The molecule has 2 heterocycles. The number of H-pyrrole nitrogens is 1. The first-order valence-corrected chi connectivity index (χ1v) is 6.63. The Bertz CT molecular complexity index is 871. The zero-order valence-corrected chi connectivity index (χ0v) is 11.6. The lowest BCUT2D eigenvalue weighted by atomic mass is 10.0. The predicted molar refractivity (Wildman–Crippen MR) is 80.0 cm³/mol. The van der Waals surface area contributed by atoms with Gasteiger partial charge >= 0.3 is 0 Å². The Labute approximate surface area is 122 Å². The van der Waals surface area contributed by atoms with E-state index in [2.05, 4.69) is 9.97 Å². The zero-order chi connectivity index (χ0) is 14.8. The Hall–Kier alpha value is -2.93. The molecule has 0 fully saturated rings. The maximum Gasteiger partial charge on any atom is 0.167 e. The van der Waals surface area contributed by atoms with E-state index < -0.39 is 0 Å². The number of nitrogens with zero attached hydrogens (tertiary/aromatic N) is 2. The molecule has 4 nitrogen and oxygen atoms in total. The average molecular weight is 275 g/mol. The minimum Gasteiger partial charge on any atom is -0.344 e. The molecule has 0 atom stereocenters. The molecular weight excluding hydrogens is 262 g/mol. The van der Waals surface area contributed by atoms with Gasteiger partial charge in [-0.05, 0) is 36.8 Å². The number of nitrogens with one attached hydrogen (secondary N) is 1. The first kappa shape index (κ1) is 13.1. The van der Waals surface area contributed by atoms with Crippen LogP contribution in [0.25, 0.3) is 11.0 Å². The summed E-state index contributed by atoms with van der Waals surface area (Å²) in [6, 6.07) is 12.8. The number of ketones is 1. The highest BCUT2D eigenvalue weighted by molar-refractivity contribution is 5.98. The fourth-order valence-electron chi connectivity index (χ4n) is 2.34. The van der Waals surface area contributed by atoms with Crippen LogP contribution < -0.4 is 0 Å². The third-order valence-electron chi connectivity index (χ3n) is 3.34. The predicted octanol–water partition coefficient (Wildman–Crippen LogP) is 3.17. The van der Waals surface area contributed by atoms with Crippen molar-refractivity contribution in [2.24, 2.45) is 0 Å². The number of aryl methyl sites for hydroxylation is 1. The molecule has 0 aliphatic rings. The van der Waals surface area contributed by atoms with Crippen LogP contribution in [-0.4, -0.2) is 15.8 Å². The summed E-state index contributed by atoms with van der Waals surface area (Å²) in [6.07, 6.45) is 1.99. The molecule has 1 aromatic carbocycles. The lowest BCUT2D eigenvalue weighted by Gasteiger charge is -2.02. The molecule has 0 aliphatic heterocycles. The molecule has 1 N–H and O–H groups in total. The van der Waals surface area contributed by atoms with Crippen molar-refractivity contribution in [1.82, 2.24) is 9.97 Å². The molecule has 0 unspecified atom stereocenters. The van der Waals surface area contributed by atoms with Crippen LogP contribution in [0.5, 0.6) is 0 Å². The average Bonchev–Trinajstić information content (AvgIpc) is 2.86. The van der Waals surface area contributed by atoms with E-state index in [0.717, 1.165) is 22.3 Å². The summed E-state index contributed by atoms with van der Waals surface area (Å²) in [7, 11) is 0. The van der Waals surface area contributed by atoms with Crippen LogP contribution in [0.1, 0.15) is 27.2 Å². The smallest absolute Gasteiger partial charge is 0.167 e. The standard InChI is InChI=1S/C17H13N3O/c1-11-5-15-7-13(10-19-17(15)20-11)8-16(21)14-4-2-3-12(6-14)9-18/h2-7,10H,8H2,1H3,(H,19,20). The van der Waals surface area contributed by atoms with Crippen LogP contribution in [0.2, 0.25) is 0 Å². The van der Waals surface area contributed by atoms with Gasteiger partial charge in [-0.3, -0.25) is 4.79 Å². The fraction of sp³-hybridized carbons (Fsp3) is 0.118. The highest BCUT2D eigenvalue weighted by Gasteiger charge is 2.09. The third-order valence-corrected chi connectivity index (χ3v) is 3.34. The number of carbonyl (C=O) groups excluding carboxylic acids is 1. The molecule has 21 heavy (non-hydrogen) atoms. The first-order valence-electron chi connectivity index (χ1n) is 6.63. The largest absolute Gasteiger partial charge is 0.344 e. The van der Waals surface area contributed by atoms with Crippen molar-refractivity contribution in [3.05, 3.63) is 65.0 Å². The van der Waals surface area contributed by atoms with Crippen LogP contribution in [0.4, 0.5) is 0 Å². The Balaban J connectivity index is 1.87. The summed E-state index contributed by atoms with van der Waals surface area (Å²) in [6.45, 7) is 1.97. The Morgan fingerprint density at radius 1 is 1.33 bits per heavy atom. The summed E-state index contributed by atoms with van der Waals surface area (Å²) in [4.78, 5) is 19.8. The zero-order valence-electron chi connectivity index (χ0n) is 11.6. The van der Waals surface area contributed by atoms with Gasteiger partial charge in [-0.25, -0.2) is 4.98 Å². The summed E-state index contributed by atoms with van der Waals surface area (Å²) in [5, 5.41) is 9.88. The molecule has 2 aromatic heterocycles. The van der Waals surface area contributed by atoms with Gasteiger partial charge < -0.3 is 4.98 Å². The molecule has 0 spiro atoms. The molecule has 0 saturated heterocycles. The van der Waals surface area contributed by atoms with Gasteiger partial charge in [0.05, 0.1) is 11.6 Å². The molecule has 4 heteroatoms. The van der Waals surface area contributed by atoms with Crippen LogP contribution in [0.15, 0.2) is 42.6 Å². The minimum absolute atomic E-state index is 0.0134. The molecule has 0 amide bonds. The number of rotatable bonds is 3. The molecule has 102 valence electrons. The van der Waals surface area contributed by atoms with Crippen molar-refractivity contribution in [2.75, 3.05) is 0 Å². The van der Waals surface area contributed by atoms with E-state index in [4.69, 9.17) is 5.26 Å². The lowest BCUT2D eigenvalue weighted by Crippen LogP contribution is -2.04. The quantitative estimate of drug-likeness (QED) is 0.746. The van der Waals surface area contributed by atoms with E-state index in [1.54, 1.807) is 30.5 Å². The number of pyridine rings is 1. The van der Waals surface area contributed by atoms with Crippen molar-refractivity contribution < 1.29 is 4.79 Å². The lowest BCUT2D eigenvalue weighted by molar-refractivity contribution is 0.0993. The maximum absolute atomic E-state index is 12.3. The third kappa shape index (κ3) is 2.67. The summed E-state index contributed by atoms with van der Waals surface area (Å²) in [5.41, 5.74) is 3.79. The van der Waals surface area contributed by atoms with Crippen LogP contribution >= 0.6 is 0 Å². The number of aromatic amines is 1. The van der Waals surface area contributed by atoms with E-state index in [9.17, 15) is 4.79 Å². The highest BCUT2D eigenvalue weighted by Crippen LogP contribution is 2.16. The van der Waals surface area contributed by atoms with Crippen LogP contribution in [0.3, 0.4) is 0 Å². The minimum atomic E-state index is -0.0134. The Kier molecular flexibility index (Phi) is 3.25. The van der Waals surface area contributed by atoms with Gasteiger partial charge in [0.2, 0.25) is 0 Å². The molecule has 0 radical (unpaired) electrons. The van der Waals surface area contributed by atoms with Crippen molar-refractivity contribution in [2.45, 2.75) is 13.3 Å². The molecule has 0 aliphatic carbocycles. The SMILES string of the molecule is Cc1cc2cc(CC(=O)c3cccc(C#N)c3)cnc2[nH]1. The van der Waals surface area contributed by atoms with Gasteiger partial charge in [0.15, 0.2) is 5.78 Å². The van der Waals surface area contributed by atoms with Gasteiger partial charge in [-0.15, -0.1) is 0 Å². The number of fused-ring (bicyclic) bond motifs is 1. The monoisotopic (exact) mass is 275 g/mol. The van der Waals surface area contributed by atoms with Gasteiger partial charge in [-0.2, -0.15) is 5.26 Å². The molecule has 3 rings (SSSR count). The number of hydrogen-bond donors (Lipinski definition) is 1. The van der Waals surface area contributed by atoms with E-state index in [1.807, 2.05) is 25.1 Å². The van der Waals surface area contributed by atoms with Gasteiger partial charge in [0.1, 0.15) is 5.65 Å². The van der Waals surface area contributed by atoms with Gasteiger partial charge in [0.25, 0.3) is 0 Å². The number of benzene rings is 1. The second kappa shape index (κ2) is 5.22. The summed E-state index contributed by atoms with van der Waals surface area (Å²) in [5.74, 6) is -0.0134. The molecular formula is C17H13N3O. The van der Waals surface area contributed by atoms with Gasteiger partial charge in [0, 0.05) is 29.3 Å². The number of hydrogen-bond acceptors (Lipinski definition) is 3. The number of nitriles is 1. The number of aromatic nitrogens is 2. The van der Waals surface area contributed by atoms with Crippen LogP contribution in [0, 0.1) is 18.3 Å². The molecule has 3 aromatic rings. The summed E-state index contributed by atoms with van der Waals surface area (Å²) < 4.78 is 0. The second-order valence-electron chi connectivity index (χ2n) is 5.03. The normalized spacial score (nSPS) is 10.5. The van der Waals surface area contributed by atoms with Crippen molar-refractivity contribution in [3.8, 4) is 6.07 Å². The summed E-state index contributed by atoms with van der Waals surface area (Å²) >= 11 is 0. The van der Waals surface area contributed by atoms with Crippen LogP contribution in [-0.2, 0) is 6.42 Å². The number of carbonyl (C=O) groups is 1. The van der Waals surface area contributed by atoms with E-state index >= 15 is 0 Å². The Morgan fingerprint density at radius 3 is 3.00 bits per heavy atom.